The van der Waals surface area contributed by atoms with Crippen LogP contribution >= 0.6 is 11.8 Å². The number of aryl methyl sites for hydroxylation is 1. The summed E-state index contributed by atoms with van der Waals surface area (Å²) in [6.07, 6.45) is 5.20. The van der Waals surface area contributed by atoms with E-state index in [4.69, 9.17) is 4.74 Å². The van der Waals surface area contributed by atoms with E-state index in [2.05, 4.69) is 21.4 Å². The lowest BCUT2D eigenvalue weighted by Crippen LogP contribution is -2.39. The number of hydrogen-bond acceptors (Lipinski definition) is 5. The van der Waals surface area contributed by atoms with Gasteiger partial charge in [-0.3, -0.25) is 4.90 Å². The molecule has 2 rings (SSSR count). The van der Waals surface area contributed by atoms with Gasteiger partial charge in [0, 0.05) is 20.1 Å². The minimum absolute atomic E-state index is 0.0746. The molecule has 0 aromatic carbocycles. The minimum Gasteiger partial charge on any atom is -0.368 e. The average molecular weight is 256 g/mol. The van der Waals surface area contributed by atoms with Crippen molar-refractivity contribution in [3.63, 3.8) is 0 Å². The Morgan fingerprint density at radius 1 is 1.59 bits per heavy atom. The molecule has 96 valence electrons. The molecule has 1 saturated heterocycles. The van der Waals surface area contributed by atoms with Crippen LogP contribution in [-0.4, -0.2) is 57.9 Å². The molecule has 0 N–H and O–H groups in total. The summed E-state index contributed by atoms with van der Waals surface area (Å²) in [7, 11) is 1.96. The van der Waals surface area contributed by atoms with Gasteiger partial charge in [0.2, 0.25) is 0 Å². The minimum atomic E-state index is 0.0746. The average Bonchev–Trinajstić information content (AvgIpc) is 2.76. The first-order chi connectivity index (χ1) is 8.31. The van der Waals surface area contributed by atoms with Gasteiger partial charge in [-0.05, 0) is 25.0 Å². The largest absolute Gasteiger partial charge is 0.368 e. The van der Waals surface area contributed by atoms with Crippen LogP contribution in [0.3, 0.4) is 0 Å². The summed E-state index contributed by atoms with van der Waals surface area (Å²) in [5.74, 6) is 2.16. The Bertz CT molecular complexity index is 344. The van der Waals surface area contributed by atoms with E-state index < -0.39 is 0 Å². The third-order valence-electron chi connectivity index (χ3n) is 3.01. The Labute approximate surface area is 107 Å². The molecule has 0 spiro atoms. The van der Waals surface area contributed by atoms with Gasteiger partial charge in [-0.1, -0.05) is 0 Å². The summed E-state index contributed by atoms with van der Waals surface area (Å²) < 4.78 is 7.71. The highest BCUT2D eigenvalue weighted by Crippen LogP contribution is 2.19. The molecule has 1 atom stereocenters. The van der Waals surface area contributed by atoms with E-state index in [1.165, 1.54) is 12.2 Å². The van der Waals surface area contributed by atoms with Gasteiger partial charge in [0.05, 0.1) is 6.61 Å². The lowest BCUT2D eigenvalue weighted by Gasteiger charge is -2.32. The third-order valence-corrected chi connectivity index (χ3v) is 3.70. The van der Waals surface area contributed by atoms with Crippen molar-refractivity contribution in [3.8, 4) is 0 Å². The number of nitrogens with zero attached hydrogens (tertiary/aromatic N) is 4. The standard InChI is InChI=1S/C11H20N4OS/c1-14-9-12-13-11(14)10-8-15(5-6-16-10)4-3-7-17-2/h9-10H,3-8H2,1-2H3/t10-/m1/s1. The lowest BCUT2D eigenvalue weighted by molar-refractivity contribution is -0.0354. The fraction of sp³-hybridized carbons (Fsp3) is 0.818. The van der Waals surface area contributed by atoms with E-state index in [1.807, 2.05) is 23.4 Å². The molecule has 17 heavy (non-hydrogen) atoms. The zero-order valence-electron chi connectivity index (χ0n) is 10.5. The molecule has 1 aromatic rings. The zero-order valence-corrected chi connectivity index (χ0v) is 11.3. The summed E-state index contributed by atoms with van der Waals surface area (Å²) in [6.45, 7) is 3.90. The second-order valence-electron chi connectivity index (χ2n) is 4.31. The monoisotopic (exact) mass is 256 g/mol. The van der Waals surface area contributed by atoms with Crippen LogP contribution in [0.15, 0.2) is 6.33 Å². The highest BCUT2D eigenvalue weighted by Gasteiger charge is 2.24. The molecule has 1 aliphatic rings. The van der Waals surface area contributed by atoms with Gasteiger partial charge in [0.25, 0.3) is 0 Å². The second kappa shape index (κ2) is 6.37. The number of aromatic nitrogens is 3. The van der Waals surface area contributed by atoms with Gasteiger partial charge in [0.1, 0.15) is 12.4 Å². The number of thioether (sulfide) groups is 1. The predicted molar refractivity (Wildman–Crippen MR) is 69.1 cm³/mol. The number of morpholine rings is 1. The van der Waals surface area contributed by atoms with Gasteiger partial charge in [-0.15, -0.1) is 10.2 Å². The first kappa shape index (κ1) is 12.9. The maximum atomic E-state index is 5.77. The van der Waals surface area contributed by atoms with Gasteiger partial charge in [-0.25, -0.2) is 0 Å². The van der Waals surface area contributed by atoms with E-state index in [9.17, 15) is 0 Å². The molecule has 1 aromatic heterocycles. The highest BCUT2D eigenvalue weighted by molar-refractivity contribution is 7.98. The van der Waals surface area contributed by atoms with Crippen molar-refractivity contribution in [2.24, 2.45) is 7.05 Å². The predicted octanol–water partition coefficient (Wildman–Crippen LogP) is 0.942. The summed E-state index contributed by atoms with van der Waals surface area (Å²) in [6, 6.07) is 0. The number of rotatable bonds is 5. The molecule has 1 fully saturated rings. The summed E-state index contributed by atoms with van der Waals surface area (Å²) in [5.41, 5.74) is 0. The number of ether oxygens (including phenoxy) is 1. The zero-order chi connectivity index (χ0) is 12.1. The van der Waals surface area contributed by atoms with Gasteiger partial charge < -0.3 is 9.30 Å². The van der Waals surface area contributed by atoms with Crippen molar-refractivity contribution in [1.29, 1.82) is 0 Å². The van der Waals surface area contributed by atoms with Crippen LogP contribution in [0.4, 0.5) is 0 Å². The normalized spacial score (nSPS) is 21.9. The molecule has 5 nitrogen and oxygen atoms in total. The Kier molecular flexibility index (Phi) is 4.82. The van der Waals surface area contributed by atoms with E-state index >= 15 is 0 Å². The van der Waals surface area contributed by atoms with Gasteiger partial charge >= 0.3 is 0 Å². The molecule has 0 bridgehead atoms. The summed E-state index contributed by atoms with van der Waals surface area (Å²) >= 11 is 1.91. The van der Waals surface area contributed by atoms with Crippen LogP contribution in [0, 0.1) is 0 Å². The van der Waals surface area contributed by atoms with E-state index in [-0.39, 0.29) is 6.10 Å². The van der Waals surface area contributed by atoms with Crippen molar-refractivity contribution in [2.45, 2.75) is 12.5 Å². The quantitative estimate of drug-likeness (QED) is 0.734. The molecule has 0 saturated carbocycles. The Morgan fingerprint density at radius 3 is 3.18 bits per heavy atom. The second-order valence-corrected chi connectivity index (χ2v) is 5.29. The van der Waals surface area contributed by atoms with Crippen molar-refractivity contribution < 1.29 is 4.74 Å². The van der Waals surface area contributed by atoms with Crippen molar-refractivity contribution in [3.05, 3.63) is 12.2 Å². The Morgan fingerprint density at radius 2 is 2.47 bits per heavy atom. The maximum Gasteiger partial charge on any atom is 0.163 e. The number of hydrogen-bond donors (Lipinski definition) is 0. The van der Waals surface area contributed by atoms with Gasteiger partial charge in [-0.2, -0.15) is 11.8 Å². The van der Waals surface area contributed by atoms with Crippen molar-refractivity contribution in [2.75, 3.05) is 38.2 Å². The molecule has 0 unspecified atom stereocenters. The Hall–Kier alpha value is -0.590. The summed E-state index contributed by atoms with van der Waals surface area (Å²) in [4.78, 5) is 2.46. The van der Waals surface area contributed by atoms with Crippen LogP contribution < -0.4 is 0 Å². The van der Waals surface area contributed by atoms with Crippen LogP contribution in [0.5, 0.6) is 0 Å². The summed E-state index contributed by atoms with van der Waals surface area (Å²) in [5, 5.41) is 8.04. The van der Waals surface area contributed by atoms with Gasteiger partial charge in [0.15, 0.2) is 5.82 Å². The molecular formula is C11H20N4OS. The fourth-order valence-electron chi connectivity index (χ4n) is 2.08. The highest BCUT2D eigenvalue weighted by atomic mass is 32.2. The van der Waals surface area contributed by atoms with E-state index in [0.29, 0.717) is 0 Å². The SMILES string of the molecule is CSCCCN1CCO[C@@H](c2nncn2C)C1. The van der Waals surface area contributed by atoms with Crippen LogP contribution in [0.1, 0.15) is 18.3 Å². The first-order valence-corrected chi connectivity index (χ1v) is 7.37. The molecule has 0 radical (unpaired) electrons. The van der Waals surface area contributed by atoms with Crippen molar-refractivity contribution >= 4 is 11.8 Å². The van der Waals surface area contributed by atoms with Crippen LogP contribution in [-0.2, 0) is 11.8 Å². The topological polar surface area (TPSA) is 43.2 Å². The molecule has 1 aliphatic heterocycles. The van der Waals surface area contributed by atoms with Crippen LogP contribution in [0.25, 0.3) is 0 Å². The Balaban J connectivity index is 1.87. The molecule has 0 aliphatic carbocycles. The van der Waals surface area contributed by atoms with E-state index in [0.717, 1.165) is 32.1 Å². The first-order valence-electron chi connectivity index (χ1n) is 5.98. The third kappa shape index (κ3) is 3.43. The molecule has 6 heteroatoms. The van der Waals surface area contributed by atoms with E-state index in [1.54, 1.807) is 6.33 Å². The van der Waals surface area contributed by atoms with Crippen molar-refractivity contribution in [1.82, 2.24) is 19.7 Å². The van der Waals surface area contributed by atoms with Crippen LogP contribution in [0.2, 0.25) is 0 Å². The lowest BCUT2D eigenvalue weighted by atomic mass is 10.2. The fourth-order valence-corrected chi connectivity index (χ4v) is 2.50. The smallest absolute Gasteiger partial charge is 0.163 e. The molecular weight excluding hydrogens is 236 g/mol. The maximum absolute atomic E-state index is 5.77. The molecule has 0 amide bonds. The molecule has 2 heterocycles.